The van der Waals surface area contributed by atoms with Crippen molar-refractivity contribution in [2.75, 3.05) is 13.7 Å². The summed E-state index contributed by atoms with van der Waals surface area (Å²) in [5.41, 5.74) is 0. The first kappa shape index (κ1) is 7.03. The quantitative estimate of drug-likeness (QED) is 0.277. The Hall–Kier alpha value is -0.970. The smallest absolute Gasteiger partial charge is 0.181 e. The number of rotatable bonds is 1. The van der Waals surface area contributed by atoms with E-state index < -0.39 is 0 Å². The lowest BCUT2D eigenvalue weighted by molar-refractivity contribution is 0.354. The first-order chi connectivity index (χ1) is 3.81. The topological polar surface area (TPSA) is 21.6 Å². The van der Waals surface area contributed by atoms with Crippen molar-refractivity contribution >= 4 is 5.90 Å². The molecule has 0 fully saturated rings. The third-order valence-electron chi connectivity index (χ3n) is 0.679. The van der Waals surface area contributed by atoms with Gasteiger partial charge in [0.2, 0.25) is 0 Å². The highest BCUT2D eigenvalue weighted by Crippen LogP contribution is 1.76. The van der Waals surface area contributed by atoms with Gasteiger partial charge in [0.25, 0.3) is 0 Å². The van der Waals surface area contributed by atoms with Crippen LogP contribution in [0.4, 0.5) is 0 Å². The molecule has 0 N–H and O–H groups in total. The van der Waals surface area contributed by atoms with Crippen LogP contribution in [0.15, 0.2) is 4.99 Å². The van der Waals surface area contributed by atoms with Crippen LogP contribution in [0.25, 0.3) is 0 Å². The molecule has 0 spiro atoms. The Balaban J connectivity index is 3.29. The van der Waals surface area contributed by atoms with Gasteiger partial charge in [0, 0.05) is 14.0 Å². The fourth-order valence-electron chi connectivity index (χ4n) is 0.211. The van der Waals surface area contributed by atoms with Gasteiger partial charge >= 0.3 is 0 Å². The zero-order chi connectivity index (χ0) is 6.41. The average Bonchev–Trinajstić information content (AvgIpc) is 1.83. The number of ether oxygens (including phenoxy) is 1. The summed E-state index contributed by atoms with van der Waals surface area (Å²) < 4.78 is 4.85. The normalized spacial score (nSPS) is 10.4. The molecule has 2 heteroatoms. The van der Waals surface area contributed by atoms with Crippen LogP contribution < -0.4 is 0 Å². The van der Waals surface area contributed by atoms with Gasteiger partial charge in [0.1, 0.15) is 6.61 Å². The highest BCUT2D eigenvalue weighted by Gasteiger charge is 1.81. The molecule has 0 aromatic carbocycles. The summed E-state index contributed by atoms with van der Waals surface area (Å²) in [6, 6.07) is 0. The lowest BCUT2D eigenvalue weighted by atomic mass is 10.7. The van der Waals surface area contributed by atoms with E-state index >= 15 is 0 Å². The minimum absolute atomic E-state index is 0.309. The zero-order valence-electron chi connectivity index (χ0n) is 5.14. The van der Waals surface area contributed by atoms with Crippen LogP contribution >= 0.6 is 0 Å². The largest absolute Gasteiger partial charge is 0.468 e. The number of hydrogen-bond donors (Lipinski definition) is 0. The van der Waals surface area contributed by atoms with Gasteiger partial charge in [0.05, 0.1) is 0 Å². The Morgan fingerprint density at radius 1 is 1.88 bits per heavy atom. The van der Waals surface area contributed by atoms with Crippen molar-refractivity contribution in [3.63, 3.8) is 0 Å². The van der Waals surface area contributed by atoms with E-state index in [1.807, 2.05) is 0 Å². The van der Waals surface area contributed by atoms with Crippen molar-refractivity contribution in [3.8, 4) is 12.3 Å². The van der Waals surface area contributed by atoms with Gasteiger partial charge in [-0.1, -0.05) is 5.92 Å². The average molecular weight is 111 g/mol. The molecule has 0 heterocycles. The minimum Gasteiger partial charge on any atom is -0.468 e. The number of nitrogens with zero attached hydrogens (tertiary/aromatic N) is 1. The summed E-state index contributed by atoms with van der Waals surface area (Å²) in [7, 11) is 1.66. The van der Waals surface area contributed by atoms with Gasteiger partial charge in [-0.25, -0.2) is 0 Å². The standard InChI is InChI=1S/C6H9NO/c1-4-5-8-6(2)7-3/h1H,5H2,2-3H3. The van der Waals surface area contributed by atoms with Crippen molar-refractivity contribution in [2.24, 2.45) is 4.99 Å². The van der Waals surface area contributed by atoms with E-state index in [1.54, 1.807) is 14.0 Å². The van der Waals surface area contributed by atoms with Crippen molar-refractivity contribution in [1.29, 1.82) is 0 Å². The summed E-state index contributed by atoms with van der Waals surface area (Å²) in [6.07, 6.45) is 4.90. The summed E-state index contributed by atoms with van der Waals surface area (Å²) in [5.74, 6) is 2.96. The highest BCUT2D eigenvalue weighted by atomic mass is 16.5. The summed E-state index contributed by atoms with van der Waals surface area (Å²) >= 11 is 0. The molecule has 0 saturated carbocycles. The van der Waals surface area contributed by atoms with E-state index in [9.17, 15) is 0 Å². The fraction of sp³-hybridized carbons (Fsp3) is 0.500. The Kier molecular flexibility index (Phi) is 3.69. The van der Waals surface area contributed by atoms with Crippen LogP contribution in [-0.4, -0.2) is 19.6 Å². The Labute approximate surface area is 49.6 Å². The van der Waals surface area contributed by atoms with Crippen molar-refractivity contribution < 1.29 is 4.74 Å². The molecule has 0 rings (SSSR count). The second-order valence-corrected chi connectivity index (χ2v) is 1.24. The van der Waals surface area contributed by atoms with Crippen LogP contribution in [0.1, 0.15) is 6.92 Å². The first-order valence-electron chi connectivity index (χ1n) is 2.31. The first-order valence-corrected chi connectivity index (χ1v) is 2.31. The molecule has 0 saturated heterocycles. The lowest BCUT2D eigenvalue weighted by Crippen LogP contribution is -1.98. The van der Waals surface area contributed by atoms with E-state index in [4.69, 9.17) is 11.2 Å². The molecule has 0 aliphatic carbocycles. The zero-order valence-corrected chi connectivity index (χ0v) is 5.14. The molecular formula is C6H9NO. The molecule has 44 valence electrons. The second-order valence-electron chi connectivity index (χ2n) is 1.24. The molecule has 0 unspecified atom stereocenters. The van der Waals surface area contributed by atoms with Crippen LogP contribution in [-0.2, 0) is 4.74 Å². The molecule has 0 radical (unpaired) electrons. The van der Waals surface area contributed by atoms with Crippen LogP contribution in [0.2, 0.25) is 0 Å². The maximum absolute atomic E-state index is 4.90. The van der Waals surface area contributed by atoms with Gasteiger partial charge in [-0.2, -0.15) is 0 Å². The van der Waals surface area contributed by atoms with Gasteiger partial charge < -0.3 is 4.74 Å². The highest BCUT2D eigenvalue weighted by molar-refractivity contribution is 5.72. The van der Waals surface area contributed by atoms with Crippen molar-refractivity contribution in [3.05, 3.63) is 0 Å². The molecular weight excluding hydrogens is 102 g/mol. The number of terminal acetylenes is 1. The monoisotopic (exact) mass is 111 g/mol. The Morgan fingerprint density at radius 2 is 2.50 bits per heavy atom. The molecule has 8 heavy (non-hydrogen) atoms. The van der Waals surface area contributed by atoms with Crippen molar-refractivity contribution in [1.82, 2.24) is 0 Å². The van der Waals surface area contributed by atoms with Gasteiger partial charge in [-0.05, 0) is 0 Å². The third-order valence-corrected chi connectivity index (χ3v) is 0.679. The number of hydrogen-bond acceptors (Lipinski definition) is 2. The predicted molar refractivity (Wildman–Crippen MR) is 33.8 cm³/mol. The maximum atomic E-state index is 4.90. The summed E-state index contributed by atoms with van der Waals surface area (Å²) in [5, 5.41) is 0. The van der Waals surface area contributed by atoms with E-state index in [0.717, 1.165) is 0 Å². The van der Waals surface area contributed by atoms with Crippen LogP contribution in [0, 0.1) is 12.3 Å². The van der Waals surface area contributed by atoms with E-state index in [1.165, 1.54) is 0 Å². The Morgan fingerprint density at radius 3 is 2.88 bits per heavy atom. The van der Waals surface area contributed by atoms with Crippen LogP contribution in [0.3, 0.4) is 0 Å². The minimum atomic E-state index is 0.309. The maximum Gasteiger partial charge on any atom is 0.181 e. The molecule has 2 nitrogen and oxygen atoms in total. The van der Waals surface area contributed by atoms with Gasteiger partial charge in [-0.3, -0.25) is 4.99 Å². The SMILES string of the molecule is C#CCOC(C)=NC. The number of aliphatic imine (C=N–C) groups is 1. The molecule has 0 aromatic rings. The molecule has 0 aromatic heterocycles. The third kappa shape index (κ3) is 3.23. The van der Waals surface area contributed by atoms with E-state index in [0.29, 0.717) is 12.5 Å². The molecule has 0 aliphatic rings. The van der Waals surface area contributed by atoms with Gasteiger partial charge in [-0.15, -0.1) is 6.42 Å². The summed E-state index contributed by atoms with van der Waals surface area (Å²) in [4.78, 5) is 3.72. The molecule has 0 bridgehead atoms. The van der Waals surface area contributed by atoms with Crippen LogP contribution in [0.5, 0.6) is 0 Å². The van der Waals surface area contributed by atoms with E-state index in [-0.39, 0.29) is 0 Å². The van der Waals surface area contributed by atoms with Gasteiger partial charge in [0.15, 0.2) is 5.90 Å². The summed E-state index contributed by atoms with van der Waals surface area (Å²) in [6.45, 7) is 2.07. The molecule has 0 atom stereocenters. The van der Waals surface area contributed by atoms with E-state index in [2.05, 4.69) is 10.9 Å². The predicted octanol–water partition coefficient (Wildman–Crippen LogP) is 0.684. The van der Waals surface area contributed by atoms with Crippen molar-refractivity contribution in [2.45, 2.75) is 6.92 Å². The molecule has 0 aliphatic heterocycles. The lowest BCUT2D eigenvalue weighted by Gasteiger charge is -1.95. The fourth-order valence-corrected chi connectivity index (χ4v) is 0.211. The second kappa shape index (κ2) is 4.20. The molecule has 0 amide bonds. The Bertz CT molecular complexity index is 121.